The third-order valence-corrected chi connectivity index (χ3v) is 5.89. The maximum atomic E-state index is 12.7. The van der Waals surface area contributed by atoms with Crippen molar-refractivity contribution < 1.29 is 13.2 Å². The van der Waals surface area contributed by atoms with Gasteiger partial charge in [0.25, 0.3) is 0 Å². The van der Waals surface area contributed by atoms with Gasteiger partial charge >= 0.3 is 0 Å². The normalized spacial score (nSPS) is 14.9. The second-order valence-electron chi connectivity index (χ2n) is 5.85. The van der Waals surface area contributed by atoms with E-state index in [-0.39, 0.29) is 30.8 Å². The summed E-state index contributed by atoms with van der Waals surface area (Å²) in [5.74, 6) is -0.164. The lowest BCUT2D eigenvalue weighted by Gasteiger charge is -2.26. The van der Waals surface area contributed by atoms with E-state index in [1.54, 1.807) is 11.8 Å². The number of nitrogens with zero attached hydrogens (tertiary/aromatic N) is 3. The van der Waals surface area contributed by atoms with Crippen LogP contribution in [0.3, 0.4) is 0 Å². The van der Waals surface area contributed by atoms with Crippen LogP contribution in [0.2, 0.25) is 0 Å². The summed E-state index contributed by atoms with van der Waals surface area (Å²) in [7, 11) is -1.48. The highest BCUT2D eigenvalue weighted by Crippen LogP contribution is 2.28. The summed E-state index contributed by atoms with van der Waals surface area (Å²) in [5, 5.41) is 0. The average Bonchev–Trinajstić information content (AvgIpc) is 3.27. The van der Waals surface area contributed by atoms with E-state index in [2.05, 4.69) is 6.58 Å². The van der Waals surface area contributed by atoms with Gasteiger partial charge in [-0.1, -0.05) is 6.08 Å². The summed E-state index contributed by atoms with van der Waals surface area (Å²) in [6.45, 7) is 5.72. The van der Waals surface area contributed by atoms with Crippen LogP contribution in [0.1, 0.15) is 25.5 Å². The number of aryl methyl sites for hydroxylation is 1. The Balaban J connectivity index is 2.11. The highest BCUT2D eigenvalue weighted by molar-refractivity contribution is 7.89. The number of amides is 1. The predicted molar refractivity (Wildman–Crippen MR) is 90.2 cm³/mol. The van der Waals surface area contributed by atoms with Crippen molar-refractivity contribution in [2.45, 2.75) is 32.4 Å². The van der Waals surface area contributed by atoms with Gasteiger partial charge in [-0.05, 0) is 31.9 Å². The summed E-state index contributed by atoms with van der Waals surface area (Å²) < 4.78 is 27.4. The Morgan fingerprint density at radius 3 is 2.65 bits per heavy atom. The van der Waals surface area contributed by atoms with Crippen LogP contribution in [0.15, 0.2) is 31.0 Å². The van der Waals surface area contributed by atoms with E-state index in [0.29, 0.717) is 6.54 Å². The molecule has 0 aromatic carbocycles. The van der Waals surface area contributed by atoms with Crippen LogP contribution < -0.4 is 0 Å². The number of hydrogen-bond acceptors (Lipinski definition) is 3. The Labute approximate surface area is 138 Å². The largest absolute Gasteiger partial charge is 0.353 e. The minimum atomic E-state index is -3.42. The molecule has 1 aliphatic carbocycles. The summed E-state index contributed by atoms with van der Waals surface area (Å²) in [4.78, 5) is 14.5. The first kappa shape index (κ1) is 17.7. The van der Waals surface area contributed by atoms with Crippen LogP contribution in [0.4, 0.5) is 0 Å². The van der Waals surface area contributed by atoms with E-state index in [4.69, 9.17) is 0 Å². The van der Waals surface area contributed by atoms with Gasteiger partial charge in [-0.3, -0.25) is 4.79 Å². The van der Waals surface area contributed by atoms with Crippen molar-refractivity contribution in [3.05, 3.63) is 36.7 Å². The Kier molecular flexibility index (Phi) is 5.64. The molecule has 1 saturated carbocycles. The van der Waals surface area contributed by atoms with Crippen molar-refractivity contribution in [3.8, 4) is 0 Å². The number of sulfonamides is 1. The Bertz CT molecular complexity index is 662. The van der Waals surface area contributed by atoms with Crippen molar-refractivity contribution in [2.75, 3.05) is 18.8 Å². The van der Waals surface area contributed by atoms with Gasteiger partial charge in [0.15, 0.2) is 0 Å². The fraction of sp³-hybridized carbons (Fsp3) is 0.562. The molecule has 0 spiro atoms. The molecule has 128 valence electrons. The molecule has 1 amide bonds. The van der Waals surface area contributed by atoms with Crippen molar-refractivity contribution in [3.63, 3.8) is 0 Å². The van der Waals surface area contributed by atoms with E-state index in [0.717, 1.165) is 18.5 Å². The zero-order chi connectivity index (χ0) is 17.0. The first-order chi connectivity index (χ1) is 10.9. The van der Waals surface area contributed by atoms with E-state index < -0.39 is 10.0 Å². The van der Waals surface area contributed by atoms with Gasteiger partial charge in [0.05, 0.1) is 18.8 Å². The van der Waals surface area contributed by atoms with E-state index in [9.17, 15) is 13.2 Å². The van der Waals surface area contributed by atoms with Crippen LogP contribution in [-0.2, 0) is 28.4 Å². The molecular formula is C16H25N3O3S. The van der Waals surface area contributed by atoms with Gasteiger partial charge in [0.2, 0.25) is 15.9 Å². The second-order valence-corrected chi connectivity index (χ2v) is 8.10. The first-order valence-electron chi connectivity index (χ1n) is 7.87. The smallest absolute Gasteiger partial charge is 0.238 e. The zero-order valence-corrected chi connectivity index (χ0v) is 14.6. The number of carbonyl (C=O) groups is 1. The van der Waals surface area contributed by atoms with Crippen LogP contribution in [0.25, 0.3) is 0 Å². The van der Waals surface area contributed by atoms with E-state index in [1.165, 1.54) is 10.4 Å². The van der Waals surface area contributed by atoms with Crippen LogP contribution >= 0.6 is 0 Å². The van der Waals surface area contributed by atoms with Gasteiger partial charge < -0.3 is 9.47 Å². The van der Waals surface area contributed by atoms with Crippen molar-refractivity contribution in [1.82, 2.24) is 13.8 Å². The summed E-state index contributed by atoms with van der Waals surface area (Å²) in [5.41, 5.74) is 1.04. The lowest BCUT2D eigenvalue weighted by molar-refractivity contribution is -0.132. The lowest BCUT2D eigenvalue weighted by Crippen LogP contribution is -2.44. The summed E-state index contributed by atoms with van der Waals surface area (Å²) in [6.07, 6.45) is 5.42. The lowest BCUT2D eigenvalue weighted by atomic mass is 10.3. The molecule has 0 radical (unpaired) electrons. The van der Waals surface area contributed by atoms with Gasteiger partial charge in [-0.25, -0.2) is 8.42 Å². The molecule has 6 nitrogen and oxygen atoms in total. The summed E-state index contributed by atoms with van der Waals surface area (Å²) >= 11 is 0. The molecular weight excluding hydrogens is 314 g/mol. The fourth-order valence-corrected chi connectivity index (χ4v) is 3.49. The number of carbonyl (C=O) groups excluding carboxylic acids is 1. The van der Waals surface area contributed by atoms with Gasteiger partial charge in [0.1, 0.15) is 0 Å². The predicted octanol–water partition coefficient (Wildman–Crippen LogP) is 1.35. The highest BCUT2D eigenvalue weighted by atomic mass is 32.2. The van der Waals surface area contributed by atoms with Crippen molar-refractivity contribution in [2.24, 2.45) is 7.05 Å². The molecule has 1 aliphatic rings. The molecule has 0 bridgehead atoms. The van der Waals surface area contributed by atoms with Crippen molar-refractivity contribution >= 4 is 15.9 Å². The molecule has 23 heavy (non-hydrogen) atoms. The minimum absolute atomic E-state index is 0.0185. The molecule has 0 N–H and O–H groups in total. The minimum Gasteiger partial charge on any atom is -0.353 e. The Morgan fingerprint density at radius 2 is 2.17 bits per heavy atom. The molecule has 1 heterocycles. The SMILES string of the molecule is C=CCN(CC(=O)N(Cc1cccn1C)C1CC1)S(=O)(=O)CC. The van der Waals surface area contributed by atoms with Gasteiger partial charge in [-0.2, -0.15) is 4.31 Å². The van der Waals surface area contributed by atoms with E-state index >= 15 is 0 Å². The molecule has 0 aliphatic heterocycles. The Morgan fingerprint density at radius 1 is 1.48 bits per heavy atom. The third kappa shape index (κ3) is 4.45. The van der Waals surface area contributed by atoms with E-state index in [1.807, 2.05) is 29.9 Å². The first-order valence-corrected chi connectivity index (χ1v) is 9.48. The molecule has 0 unspecified atom stereocenters. The monoisotopic (exact) mass is 339 g/mol. The highest BCUT2D eigenvalue weighted by Gasteiger charge is 2.34. The van der Waals surface area contributed by atoms with Gasteiger partial charge in [-0.15, -0.1) is 6.58 Å². The molecule has 7 heteroatoms. The molecule has 1 aromatic heterocycles. The fourth-order valence-electron chi connectivity index (χ4n) is 2.49. The average molecular weight is 339 g/mol. The maximum Gasteiger partial charge on any atom is 0.238 e. The molecule has 0 saturated heterocycles. The maximum absolute atomic E-state index is 12.7. The van der Waals surface area contributed by atoms with Crippen molar-refractivity contribution in [1.29, 1.82) is 0 Å². The quantitative estimate of drug-likeness (QED) is 0.638. The van der Waals surface area contributed by atoms with Crippen LogP contribution in [-0.4, -0.2) is 53.0 Å². The zero-order valence-electron chi connectivity index (χ0n) is 13.8. The molecule has 1 aromatic rings. The molecule has 2 rings (SSSR count). The standard InChI is InChI=1S/C16H25N3O3S/c1-4-10-18(23(21,22)5-2)13-16(20)19(14-8-9-14)12-15-7-6-11-17(15)3/h4,6-7,11,14H,1,5,8-10,12-13H2,2-3H3. The third-order valence-electron chi connectivity index (χ3n) is 4.09. The Hall–Kier alpha value is -1.60. The number of rotatable bonds is 9. The molecule has 0 atom stereocenters. The second kappa shape index (κ2) is 7.31. The van der Waals surface area contributed by atoms with Crippen LogP contribution in [0, 0.1) is 0 Å². The topological polar surface area (TPSA) is 62.6 Å². The number of aromatic nitrogens is 1. The summed E-state index contributed by atoms with van der Waals surface area (Å²) in [6, 6.07) is 4.15. The van der Waals surface area contributed by atoms with Gasteiger partial charge in [0, 0.05) is 31.5 Å². The van der Waals surface area contributed by atoms with Crippen LogP contribution in [0.5, 0.6) is 0 Å². The number of hydrogen-bond donors (Lipinski definition) is 0. The molecule has 1 fully saturated rings.